The first-order chi connectivity index (χ1) is 7.84. The van der Waals surface area contributed by atoms with Gasteiger partial charge >= 0.3 is 0 Å². The summed E-state index contributed by atoms with van der Waals surface area (Å²) >= 11 is 5.58. The smallest absolute Gasteiger partial charge is 0.168 e. The zero-order chi connectivity index (χ0) is 11.2. The summed E-state index contributed by atoms with van der Waals surface area (Å²) in [4.78, 5) is 7.91. The standard InChI is InChI=1S/C9H7ClN6/c10-8-1-2-9(16-14-8)15-13-6-7-5-11-3-4-12-7/h1-6H,(H,15,16)/b13-6+. The van der Waals surface area contributed by atoms with E-state index in [9.17, 15) is 0 Å². The predicted octanol–water partition coefficient (Wildman–Crippen LogP) is 1.37. The van der Waals surface area contributed by atoms with E-state index in [0.29, 0.717) is 16.7 Å². The molecule has 0 fully saturated rings. The maximum Gasteiger partial charge on any atom is 0.168 e. The Bertz CT molecular complexity index is 469. The zero-order valence-electron chi connectivity index (χ0n) is 8.08. The van der Waals surface area contributed by atoms with Crippen LogP contribution in [0.25, 0.3) is 0 Å². The van der Waals surface area contributed by atoms with E-state index in [1.807, 2.05) is 0 Å². The maximum atomic E-state index is 5.58. The van der Waals surface area contributed by atoms with Crippen LogP contribution < -0.4 is 5.43 Å². The van der Waals surface area contributed by atoms with Crippen LogP contribution in [0, 0.1) is 0 Å². The minimum Gasteiger partial charge on any atom is -0.261 e. The van der Waals surface area contributed by atoms with Crippen molar-refractivity contribution in [3.8, 4) is 0 Å². The quantitative estimate of drug-likeness (QED) is 0.641. The summed E-state index contributed by atoms with van der Waals surface area (Å²) in [7, 11) is 0. The molecule has 0 bridgehead atoms. The molecule has 0 aliphatic carbocycles. The van der Waals surface area contributed by atoms with Crippen molar-refractivity contribution in [1.82, 2.24) is 20.2 Å². The third-order valence-electron chi connectivity index (χ3n) is 1.59. The molecule has 0 aliphatic heterocycles. The molecular formula is C9H7ClN6. The third kappa shape index (κ3) is 2.96. The van der Waals surface area contributed by atoms with Gasteiger partial charge in [0, 0.05) is 12.4 Å². The molecule has 6 nitrogen and oxygen atoms in total. The Balaban J connectivity index is 1.97. The van der Waals surface area contributed by atoms with Gasteiger partial charge in [0.2, 0.25) is 0 Å². The van der Waals surface area contributed by atoms with Gasteiger partial charge in [0.05, 0.1) is 12.4 Å². The van der Waals surface area contributed by atoms with Crippen molar-refractivity contribution in [2.75, 3.05) is 5.43 Å². The number of anilines is 1. The number of hydrogen-bond acceptors (Lipinski definition) is 6. The predicted molar refractivity (Wildman–Crippen MR) is 60.3 cm³/mol. The summed E-state index contributed by atoms with van der Waals surface area (Å²) in [6.07, 6.45) is 6.31. The second-order valence-corrected chi connectivity index (χ2v) is 3.13. The maximum absolute atomic E-state index is 5.58. The van der Waals surface area contributed by atoms with Crippen LogP contribution in [0.2, 0.25) is 5.15 Å². The molecule has 0 aliphatic rings. The Morgan fingerprint density at radius 2 is 2.19 bits per heavy atom. The van der Waals surface area contributed by atoms with Crippen LogP contribution in [0.4, 0.5) is 5.82 Å². The largest absolute Gasteiger partial charge is 0.261 e. The minimum absolute atomic E-state index is 0.337. The van der Waals surface area contributed by atoms with E-state index < -0.39 is 0 Å². The van der Waals surface area contributed by atoms with E-state index in [4.69, 9.17) is 11.6 Å². The molecule has 0 unspecified atom stereocenters. The summed E-state index contributed by atoms with van der Waals surface area (Å²) in [5, 5.41) is 11.7. The number of hydrogen-bond donors (Lipinski definition) is 1. The summed E-state index contributed by atoms with van der Waals surface area (Å²) in [5.41, 5.74) is 3.34. The molecule has 2 aromatic heterocycles. The Labute approximate surface area is 96.4 Å². The van der Waals surface area contributed by atoms with Crippen LogP contribution in [0.1, 0.15) is 5.69 Å². The first-order valence-electron chi connectivity index (χ1n) is 4.39. The fourth-order valence-corrected chi connectivity index (χ4v) is 1.02. The van der Waals surface area contributed by atoms with Crippen LogP contribution in [0.5, 0.6) is 0 Å². The average Bonchev–Trinajstić information content (AvgIpc) is 2.33. The molecule has 0 atom stereocenters. The van der Waals surface area contributed by atoms with Crippen molar-refractivity contribution < 1.29 is 0 Å². The highest BCUT2D eigenvalue weighted by molar-refractivity contribution is 6.29. The van der Waals surface area contributed by atoms with Crippen LogP contribution in [-0.4, -0.2) is 26.4 Å². The van der Waals surface area contributed by atoms with Gasteiger partial charge in [0.1, 0.15) is 5.69 Å². The topological polar surface area (TPSA) is 76.0 Å². The summed E-state index contributed by atoms with van der Waals surface area (Å²) in [6, 6.07) is 3.29. The highest BCUT2D eigenvalue weighted by atomic mass is 35.5. The monoisotopic (exact) mass is 234 g/mol. The molecule has 1 N–H and O–H groups in total. The van der Waals surface area contributed by atoms with Gasteiger partial charge in [0.15, 0.2) is 11.0 Å². The average molecular weight is 235 g/mol. The first-order valence-corrected chi connectivity index (χ1v) is 4.77. The van der Waals surface area contributed by atoms with Crippen molar-refractivity contribution in [1.29, 1.82) is 0 Å². The van der Waals surface area contributed by atoms with Crippen molar-refractivity contribution in [3.63, 3.8) is 0 Å². The van der Waals surface area contributed by atoms with Gasteiger partial charge in [-0.1, -0.05) is 11.6 Å². The Morgan fingerprint density at radius 3 is 2.88 bits per heavy atom. The molecule has 0 saturated heterocycles. The molecule has 0 spiro atoms. The molecule has 7 heteroatoms. The number of halogens is 1. The van der Waals surface area contributed by atoms with Gasteiger partial charge in [-0.05, 0) is 12.1 Å². The van der Waals surface area contributed by atoms with E-state index in [1.165, 1.54) is 6.21 Å². The molecular weight excluding hydrogens is 228 g/mol. The van der Waals surface area contributed by atoms with E-state index in [1.54, 1.807) is 30.7 Å². The number of nitrogens with one attached hydrogen (secondary N) is 1. The van der Waals surface area contributed by atoms with E-state index in [0.717, 1.165) is 0 Å². The molecule has 2 aromatic rings. The number of rotatable bonds is 3. The zero-order valence-corrected chi connectivity index (χ0v) is 8.83. The third-order valence-corrected chi connectivity index (χ3v) is 1.79. The first kappa shape index (κ1) is 10.4. The lowest BCUT2D eigenvalue weighted by Crippen LogP contribution is -1.96. The van der Waals surface area contributed by atoms with Crippen molar-refractivity contribution in [2.24, 2.45) is 5.10 Å². The van der Waals surface area contributed by atoms with Gasteiger partial charge in [-0.25, -0.2) is 0 Å². The number of nitrogens with zero attached hydrogens (tertiary/aromatic N) is 5. The summed E-state index contributed by atoms with van der Waals surface area (Å²) in [6.45, 7) is 0. The Morgan fingerprint density at radius 1 is 1.25 bits per heavy atom. The number of hydrazone groups is 1. The van der Waals surface area contributed by atoms with Gasteiger partial charge in [-0.15, -0.1) is 10.2 Å². The second kappa shape index (κ2) is 5.13. The lowest BCUT2D eigenvalue weighted by atomic mass is 10.5. The van der Waals surface area contributed by atoms with Crippen LogP contribution in [-0.2, 0) is 0 Å². The second-order valence-electron chi connectivity index (χ2n) is 2.74. The SMILES string of the molecule is Clc1ccc(N/N=C/c2cnccn2)nn1. The lowest BCUT2D eigenvalue weighted by Gasteiger charge is -1.96. The van der Waals surface area contributed by atoms with Gasteiger partial charge in [-0.3, -0.25) is 15.4 Å². The molecule has 0 aromatic carbocycles. The van der Waals surface area contributed by atoms with Crippen LogP contribution >= 0.6 is 11.6 Å². The van der Waals surface area contributed by atoms with E-state index >= 15 is 0 Å². The van der Waals surface area contributed by atoms with Crippen LogP contribution in [0.3, 0.4) is 0 Å². The van der Waals surface area contributed by atoms with Crippen molar-refractivity contribution in [3.05, 3.63) is 41.6 Å². The lowest BCUT2D eigenvalue weighted by molar-refractivity contribution is 1.02. The fourth-order valence-electron chi connectivity index (χ4n) is 0.917. The van der Waals surface area contributed by atoms with Crippen molar-refractivity contribution >= 4 is 23.6 Å². The number of aromatic nitrogens is 4. The normalized spacial score (nSPS) is 10.6. The summed E-state index contributed by atoms with van der Waals surface area (Å²) in [5.74, 6) is 0.504. The molecule has 80 valence electrons. The van der Waals surface area contributed by atoms with Gasteiger partial charge in [-0.2, -0.15) is 5.10 Å². The minimum atomic E-state index is 0.337. The highest BCUT2D eigenvalue weighted by Gasteiger charge is 1.92. The molecule has 2 heterocycles. The molecule has 0 saturated carbocycles. The molecule has 16 heavy (non-hydrogen) atoms. The molecule has 0 amide bonds. The fraction of sp³-hybridized carbons (Fsp3) is 0. The van der Waals surface area contributed by atoms with Crippen molar-refractivity contribution in [2.45, 2.75) is 0 Å². The Hall–Kier alpha value is -2.08. The molecule has 2 rings (SSSR count). The van der Waals surface area contributed by atoms with E-state index in [-0.39, 0.29) is 0 Å². The van der Waals surface area contributed by atoms with Gasteiger partial charge < -0.3 is 0 Å². The van der Waals surface area contributed by atoms with E-state index in [2.05, 4.69) is 30.7 Å². The van der Waals surface area contributed by atoms with Crippen LogP contribution in [0.15, 0.2) is 35.8 Å². The highest BCUT2D eigenvalue weighted by Crippen LogP contribution is 2.05. The molecule has 0 radical (unpaired) electrons. The Kier molecular flexibility index (Phi) is 3.35. The summed E-state index contributed by atoms with van der Waals surface area (Å²) < 4.78 is 0. The van der Waals surface area contributed by atoms with Gasteiger partial charge in [0.25, 0.3) is 0 Å².